The Kier molecular flexibility index (Phi) is 4.80. The topological polar surface area (TPSA) is 45.1 Å². The lowest BCUT2D eigenvalue weighted by Crippen LogP contribution is -2.28. The molecule has 0 amide bonds. The smallest absolute Gasteiger partial charge is 0.394 e. The summed E-state index contributed by atoms with van der Waals surface area (Å²) in [6.07, 6.45) is -2.79. The number of benzene rings is 1. The Hall–Kier alpha value is -2.08. The second-order valence-corrected chi connectivity index (χ2v) is 4.61. The Morgan fingerprint density at radius 2 is 1.81 bits per heavy atom. The first-order valence-corrected chi connectivity index (χ1v) is 6.44. The van der Waals surface area contributed by atoms with E-state index >= 15 is 0 Å². The maximum absolute atomic E-state index is 12.9. The van der Waals surface area contributed by atoms with Gasteiger partial charge in [-0.25, -0.2) is 4.98 Å². The molecule has 112 valence electrons. The molecule has 0 aliphatic heterocycles. The monoisotopic (exact) mass is 296 g/mol. The lowest BCUT2D eigenvalue weighted by atomic mass is 10.1. The molecule has 0 aliphatic carbocycles. The molecule has 6 heteroatoms. The van der Waals surface area contributed by atoms with E-state index in [9.17, 15) is 18.3 Å². The van der Waals surface area contributed by atoms with Gasteiger partial charge >= 0.3 is 6.18 Å². The van der Waals surface area contributed by atoms with Gasteiger partial charge in [-0.1, -0.05) is 30.3 Å². The number of anilines is 1. The Bertz CT molecular complexity index is 573. The number of rotatable bonds is 5. The number of aliphatic hydroxyl groups excluding tert-OH is 1. The van der Waals surface area contributed by atoms with E-state index in [2.05, 4.69) is 10.3 Å². The van der Waals surface area contributed by atoms with Crippen molar-refractivity contribution < 1.29 is 18.3 Å². The number of hydrogen-bond donors (Lipinski definition) is 2. The van der Waals surface area contributed by atoms with Crippen LogP contribution in [0.5, 0.6) is 0 Å². The number of pyridine rings is 1. The molecule has 0 radical (unpaired) electrons. The normalized spacial score (nSPS) is 13.0. The van der Waals surface area contributed by atoms with Crippen LogP contribution in [0.1, 0.15) is 11.1 Å². The van der Waals surface area contributed by atoms with Gasteiger partial charge in [0.15, 0.2) is 0 Å². The van der Waals surface area contributed by atoms with Crippen LogP contribution < -0.4 is 5.32 Å². The fraction of sp³-hybridized carbons (Fsp3) is 0.267. The molecule has 21 heavy (non-hydrogen) atoms. The largest absolute Gasteiger partial charge is 0.419 e. The fourth-order valence-corrected chi connectivity index (χ4v) is 2.00. The average molecular weight is 296 g/mol. The first kappa shape index (κ1) is 15.3. The van der Waals surface area contributed by atoms with Gasteiger partial charge in [-0.2, -0.15) is 13.2 Å². The molecule has 0 aliphatic rings. The fourth-order valence-electron chi connectivity index (χ4n) is 2.00. The summed E-state index contributed by atoms with van der Waals surface area (Å²) in [7, 11) is 0. The standard InChI is InChI=1S/C15H15F3N2O/c16-15(17,18)13-7-4-8-19-14(13)20-12(10-21)9-11-5-2-1-3-6-11/h1-8,12,21H,9-10H2,(H,19,20). The number of alkyl halides is 3. The number of nitrogens with one attached hydrogen (secondary N) is 1. The second kappa shape index (κ2) is 6.58. The van der Waals surface area contributed by atoms with E-state index in [0.717, 1.165) is 11.6 Å². The van der Waals surface area contributed by atoms with Crippen molar-refractivity contribution in [1.29, 1.82) is 0 Å². The van der Waals surface area contributed by atoms with Crippen LogP contribution in [0.3, 0.4) is 0 Å². The van der Waals surface area contributed by atoms with Gasteiger partial charge in [0, 0.05) is 6.20 Å². The van der Waals surface area contributed by atoms with Crippen LogP contribution in [0, 0.1) is 0 Å². The van der Waals surface area contributed by atoms with Crippen LogP contribution in [0.15, 0.2) is 48.7 Å². The van der Waals surface area contributed by atoms with E-state index in [0.29, 0.717) is 6.42 Å². The molecule has 2 aromatic rings. The molecule has 2 N–H and O–H groups in total. The summed E-state index contributed by atoms with van der Waals surface area (Å²) in [5, 5.41) is 12.0. The van der Waals surface area contributed by atoms with Crippen molar-refractivity contribution in [3.8, 4) is 0 Å². The highest BCUT2D eigenvalue weighted by atomic mass is 19.4. The van der Waals surface area contributed by atoms with Crippen LogP contribution in [-0.2, 0) is 12.6 Å². The van der Waals surface area contributed by atoms with Crippen molar-refractivity contribution in [2.24, 2.45) is 0 Å². The van der Waals surface area contributed by atoms with Crippen LogP contribution in [-0.4, -0.2) is 22.7 Å². The minimum Gasteiger partial charge on any atom is -0.394 e. The predicted molar refractivity (Wildman–Crippen MR) is 73.9 cm³/mol. The van der Waals surface area contributed by atoms with E-state index in [1.165, 1.54) is 12.3 Å². The molecule has 3 nitrogen and oxygen atoms in total. The lowest BCUT2D eigenvalue weighted by Gasteiger charge is -2.20. The van der Waals surface area contributed by atoms with Crippen molar-refractivity contribution in [1.82, 2.24) is 4.98 Å². The molecule has 0 spiro atoms. The quantitative estimate of drug-likeness (QED) is 0.891. The first-order valence-electron chi connectivity index (χ1n) is 6.44. The molecular formula is C15H15F3N2O. The summed E-state index contributed by atoms with van der Waals surface area (Å²) in [5.74, 6) is -0.264. The van der Waals surface area contributed by atoms with Crippen molar-refractivity contribution in [2.45, 2.75) is 18.6 Å². The number of halogens is 3. The molecule has 0 saturated heterocycles. The maximum Gasteiger partial charge on any atom is 0.419 e. The Morgan fingerprint density at radius 1 is 1.10 bits per heavy atom. The third-order valence-electron chi connectivity index (χ3n) is 3.00. The molecule has 1 aromatic carbocycles. The third-order valence-corrected chi connectivity index (χ3v) is 3.00. The highest BCUT2D eigenvalue weighted by Gasteiger charge is 2.34. The van der Waals surface area contributed by atoms with Crippen molar-refractivity contribution in [2.75, 3.05) is 11.9 Å². The molecular weight excluding hydrogens is 281 g/mol. The summed E-state index contributed by atoms with van der Waals surface area (Å²) >= 11 is 0. The molecule has 1 aromatic heterocycles. The Morgan fingerprint density at radius 3 is 2.43 bits per heavy atom. The number of aliphatic hydroxyl groups is 1. The van der Waals surface area contributed by atoms with Crippen LogP contribution >= 0.6 is 0 Å². The van der Waals surface area contributed by atoms with Gasteiger partial charge in [-0.05, 0) is 24.1 Å². The SMILES string of the molecule is OCC(Cc1ccccc1)Nc1ncccc1C(F)(F)F. The molecule has 0 saturated carbocycles. The minimum absolute atomic E-state index is 0.264. The Labute approximate surface area is 120 Å². The van der Waals surface area contributed by atoms with Gasteiger partial charge in [-0.3, -0.25) is 0 Å². The van der Waals surface area contributed by atoms with Crippen LogP contribution in [0.25, 0.3) is 0 Å². The zero-order valence-corrected chi connectivity index (χ0v) is 11.1. The summed E-state index contributed by atoms with van der Waals surface area (Å²) in [6, 6.07) is 10.9. The lowest BCUT2D eigenvalue weighted by molar-refractivity contribution is -0.137. The van der Waals surface area contributed by atoms with Gasteiger partial charge in [0.25, 0.3) is 0 Å². The maximum atomic E-state index is 12.9. The zero-order chi connectivity index (χ0) is 15.3. The first-order chi connectivity index (χ1) is 10.0. The Balaban J connectivity index is 2.16. The summed E-state index contributed by atoms with van der Waals surface area (Å²) in [5.41, 5.74) is 0.0880. The molecule has 0 bridgehead atoms. The molecule has 0 fully saturated rings. The van der Waals surface area contributed by atoms with Crippen molar-refractivity contribution in [3.05, 3.63) is 59.8 Å². The molecule has 1 unspecified atom stereocenters. The van der Waals surface area contributed by atoms with E-state index < -0.39 is 17.8 Å². The van der Waals surface area contributed by atoms with Gasteiger partial charge in [0.05, 0.1) is 18.2 Å². The van der Waals surface area contributed by atoms with E-state index in [1.54, 1.807) is 0 Å². The van der Waals surface area contributed by atoms with Crippen LogP contribution in [0.4, 0.5) is 19.0 Å². The second-order valence-electron chi connectivity index (χ2n) is 4.61. The average Bonchev–Trinajstić information content (AvgIpc) is 2.47. The molecule has 1 atom stereocenters. The van der Waals surface area contributed by atoms with Crippen molar-refractivity contribution >= 4 is 5.82 Å². The van der Waals surface area contributed by atoms with Gasteiger partial charge < -0.3 is 10.4 Å². The highest BCUT2D eigenvalue weighted by molar-refractivity contribution is 5.46. The van der Waals surface area contributed by atoms with Gasteiger partial charge in [0.2, 0.25) is 0 Å². The van der Waals surface area contributed by atoms with Crippen LogP contribution in [0.2, 0.25) is 0 Å². The zero-order valence-electron chi connectivity index (χ0n) is 11.1. The molecule has 1 heterocycles. The summed E-state index contributed by atoms with van der Waals surface area (Å²) in [6.45, 7) is -0.289. The minimum atomic E-state index is -4.48. The summed E-state index contributed by atoms with van der Waals surface area (Å²) < 4.78 is 38.7. The highest BCUT2D eigenvalue weighted by Crippen LogP contribution is 2.33. The summed E-state index contributed by atoms with van der Waals surface area (Å²) in [4.78, 5) is 3.73. The third kappa shape index (κ3) is 4.19. The number of nitrogens with zero attached hydrogens (tertiary/aromatic N) is 1. The van der Waals surface area contributed by atoms with Gasteiger partial charge in [-0.15, -0.1) is 0 Å². The predicted octanol–water partition coefficient (Wildman–Crippen LogP) is 3.12. The molecule has 2 rings (SSSR count). The van der Waals surface area contributed by atoms with E-state index in [4.69, 9.17) is 0 Å². The van der Waals surface area contributed by atoms with Gasteiger partial charge in [0.1, 0.15) is 5.82 Å². The van der Waals surface area contributed by atoms with E-state index in [-0.39, 0.29) is 12.4 Å². The van der Waals surface area contributed by atoms with E-state index in [1.807, 2.05) is 30.3 Å². The number of aromatic nitrogens is 1. The number of hydrogen-bond acceptors (Lipinski definition) is 3. The van der Waals surface area contributed by atoms with Crippen molar-refractivity contribution in [3.63, 3.8) is 0 Å².